The molecular weight excluding hydrogens is 239 g/mol. The van der Waals surface area contributed by atoms with Crippen LogP contribution in [0.5, 0.6) is 0 Å². The summed E-state index contributed by atoms with van der Waals surface area (Å²) in [6.07, 6.45) is 2.72. The highest BCUT2D eigenvalue weighted by Crippen LogP contribution is 2.22. The lowest BCUT2D eigenvalue weighted by Crippen LogP contribution is -1.99. The second kappa shape index (κ2) is 4.19. The van der Waals surface area contributed by atoms with Crippen LogP contribution in [0, 0.1) is 0 Å². The van der Waals surface area contributed by atoms with Crippen LogP contribution in [0.2, 0.25) is 5.15 Å². The number of hydrogen-bond acceptors (Lipinski definition) is 2. The van der Waals surface area contributed by atoms with Crippen LogP contribution in [0.15, 0.2) is 10.7 Å². The van der Waals surface area contributed by atoms with E-state index in [9.17, 15) is 0 Å². The van der Waals surface area contributed by atoms with Gasteiger partial charge in [0.2, 0.25) is 0 Å². The van der Waals surface area contributed by atoms with Crippen LogP contribution in [0.3, 0.4) is 0 Å². The summed E-state index contributed by atoms with van der Waals surface area (Å²) < 4.78 is 0.746. The maximum absolute atomic E-state index is 5.82. The Morgan fingerprint density at radius 1 is 1.67 bits per heavy atom. The van der Waals surface area contributed by atoms with E-state index in [1.54, 1.807) is 6.20 Å². The highest BCUT2D eigenvalue weighted by Gasteiger charge is 2.08. The lowest BCUT2D eigenvalue weighted by molar-refractivity contribution is 0.677. The number of hydrogen-bond donors (Lipinski definition) is 0. The Bertz CT molecular complexity index is 278. The molecule has 0 N–H and O–H groups in total. The van der Waals surface area contributed by atoms with E-state index in [4.69, 9.17) is 11.6 Å². The lowest BCUT2D eigenvalue weighted by atomic mass is 10.1. The fraction of sp³-hybridized carbons (Fsp3) is 0.500. The van der Waals surface area contributed by atoms with Crippen molar-refractivity contribution in [1.82, 2.24) is 9.97 Å². The van der Waals surface area contributed by atoms with E-state index in [0.29, 0.717) is 11.1 Å². The van der Waals surface area contributed by atoms with Crippen molar-refractivity contribution in [2.45, 2.75) is 26.2 Å². The maximum Gasteiger partial charge on any atom is 0.146 e. The fourth-order valence-electron chi connectivity index (χ4n) is 0.779. The van der Waals surface area contributed by atoms with E-state index in [2.05, 4.69) is 39.7 Å². The molecule has 0 aliphatic rings. The van der Waals surface area contributed by atoms with Crippen molar-refractivity contribution in [3.63, 3.8) is 0 Å². The van der Waals surface area contributed by atoms with Crippen molar-refractivity contribution in [1.29, 1.82) is 0 Å². The summed E-state index contributed by atoms with van der Waals surface area (Å²) in [5.41, 5.74) is 0. The Morgan fingerprint density at radius 2 is 2.33 bits per heavy atom. The molecule has 12 heavy (non-hydrogen) atoms. The molecule has 0 saturated carbocycles. The van der Waals surface area contributed by atoms with Gasteiger partial charge in [-0.05, 0) is 22.4 Å². The number of rotatable bonds is 2. The number of aromatic nitrogens is 2. The molecule has 1 unspecified atom stereocenters. The van der Waals surface area contributed by atoms with Gasteiger partial charge in [-0.2, -0.15) is 0 Å². The largest absolute Gasteiger partial charge is 0.240 e. The molecule has 1 atom stereocenters. The quantitative estimate of drug-likeness (QED) is 0.751. The highest BCUT2D eigenvalue weighted by atomic mass is 79.9. The zero-order valence-electron chi connectivity index (χ0n) is 7.01. The average molecular weight is 250 g/mol. The van der Waals surface area contributed by atoms with Gasteiger partial charge in [0, 0.05) is 12.1 Å². The summed E-state index contributed by atoms with van der Waals surface area (Å²) in [6.45, 7) is 4.18. The molecule has 0 spiro atoms. The van der Waals surface area contributed by atoms with Gasteiger partial charge in [0.25, 0.3) is 0 Å². The fourth-order valence-corrected chi connectivity index (χ4v) is 1.11. The third-order valence-corrected chi connectivity index (χ3v) is 2.87. The first-order valence-corrected chi connectivity index (χ1v) is 5.00. The highest BCUT2D eigenvalue weighted by molar-refractivity contribution is 9.10. The SMILES string of the molecule is CCC(C)c1ncc(Br)c(Cl)n1. The van der Waals surface area contributed by atoms with Crippen molar-refractivity contribution in [2.75, 3.05) is 0 Å². The average Bonchev–Trinajstić information content (AvgIpc) is 2.08. The predicted molar refractivity (Wildman–Crippen MR) is 53.4 cm³/mol. The van der Waals surface area contributed by atoms with Gasteiger partial charge in [-0.3, -0.25) is 0 Å². The topological polar surface area (TPSA) is 25.8 Å². The molecule has 2 nitrogen and oxygen atoms in total. The Morgan fingerprint density at radius 3 is 2.83 bits per heavy atom. The molecule has 66 valence electrons. The maximum atomic E-state index is 5.82. The first kappa shape index (κ1) is 9.93. The van der Waals surface area contributed by atoms with Crippen LogP contribution in [-0.4, -0.2) is 9.97 Å². The van der Waals surface area contributed by atoms with Crippen molar-refractivity contribution in [2.24, 2.45) is 0 Å². The van der Waals surface area contributed by atoms with E-state index in [-0.39, 0.29) is 0 Å². The second-order valence-corrected chi connectivity index (χ2v) is 3.89. The molecule has 0 radical (unpaired) electrons. The third-order valence-electron chi connectivity index (χ3n) is 1.77. The molecule has 0 aliphatic heterocycles. The van der Waals surface area contributed by atoms with Gasteiger partial charge in [0.1, 0.15) is 11.0 Å². The molecule has 4 heteroatoms. The smallest absolute Gasteiger partial charge is 0.146 e. The summed E-state index contributed by atoms with van der Waals surface area (Å²) >= 11 is 9.06. The number of nitrogens with zero attached hydrogens (tertiary/aromatic N) is 2. The Hall–Kier alpha value is -0.150. The summed E-state index contributed by atoms with van der Waals surface area (Å²) in [4.78, 5) is 8.32. The van der Waals surface area contributed by atoms with Crippen LogP contribution in [0.25, 0.3) is 0 Å². The molecule has 0 fully saturated rings. The van der Waals surface area contributed by atoms with Crippen LogP contribution < -0.4 is 0 Å². The van der Waals surface area contributed by atoms with Crippen LogP contribution in [-0.2, 0) is 0 Å². The monoisotopic (exact) mass is 248 g/mol. The van der Waals surface area contributed by atoms with E-state index in [1.807, 2.05) is 0 Å². The minimum absolute atomic E-state index is 0.371. The van der Waals surface area contributed by atoms with Gasteiger partial charge < -0.3 is 0 Å². The second-order valence-electron chi connectivity index (χ2n) is 2.68. The molecule has 1 heterocycles. The standard InChI is InChI=1S/C8H10BrClN2/c1-3-5(2)8-11-4-6(9)7(10)12-8/h4-5H,3H2,1-2H3. The summed E-state index contributed by atoms with van der Waals surface area (Å²) in [5.74, 6) is 1.18. The first-order chi connectivity index (χ1) is 5.65. The van der Waals surface area contributed by atoms with Gasteiger partial charge >= 0.3 is 0 Å². The van der Waals surface area contributed by atoms with Crippen LogP contribution in [0.4, 0.5) is 0 Å². The molecule has 0 saturated heterocycles. The molecule has 1 aromatic heterocycles. The lowest BCUT2D eigenvalue weighted by Gasteiger charge is -2.06. The van der Waals surface area contributed by atoms with Gasteiger partial charge in [0.15, 0.2) is 0 Å². The zero-order chi connectivity index (χ0) is 9.14. The molecule has 0 aromatic carbocycles. The van der Waals surface area contributed by atoms with Crippen LogP contribution >= 0.6 is 27.5 Å². The van der Waals surface area contributed by atoms with E-state index >= 15 is 0 Å². The van der Waals surface area contributed by atoms with Crippen molar-refractivity contribution < 1.29 is 0 Å². The molecule has 1 aromatic rings. The summed E-state index contributed by atoms with van der Waals surface area (Å²) in [7, 11) is 0. The first-order valence-electron chi connectivity index (χ1n) is 3.83. The van der Waals surface area contributed by atoms with Crippen molar-refractivity contribution in [3.05, 3.63) is 21.6 Å². The molecular formula is C8H10BrClN2. The minimum Gasteiger partial charge on any atom is -0.240 e. The van der Waals surface area contributed by atoms with Gasteiger partial charge in [0.05, 0.1) is 4.47 Å². The predicted octanol–water partition coefficient (Wildman–Crippen LogP) is 3.41. The van der Waals surface area contributed by atoms with Gasteiger partial charge in [-0.1, -0.05) is 25.4 Å². The normalized spacial score (nSPS) is 13.0. The van der Waals surface area contributed by atoms with E-state index in [1.165, 1.54) is 0 Å². The Kier molecular flexibility index (Phi) is 3.47. The third kappa shape index (κ3) is 2.17. The molecule has 1 rings (SSSR count). The Labute approximate surface area is 85.5 Å². The number of halogens is 2. The van der Waals surface area contributed by atoms with Gasteiger partial charge in [-0.25, -0.2) is 9.97 Å². The summed E-state index contributed by atoms with van der Waals surface area (Å²) in [6, 6.07) is 0. The molecule has 0 aliphatic carbocycles. The van der Waals surface area contributed by atoms with Crippen LogP contribution in [0.1, 0.15) is 32.0 Å². The van der Waals surface area contributed by atoms with E-state index in [0.717, 1.165) is 16.7 Å². The van der Waals surface area contributed by atoms with Crippen molar-refractivity contribution in [3.8, 4) is 0 Å². The minimum atomic E-state index is 0.371. The molecule has 0 amide bonds. The van der Waals surface area contributed by atoms with Gasteiger partial charge in [-0.15, -0.1) is 0 Å². The molecule has 0 bridgehead atoms. The zero-order valence-corrected chi connectivity index (χ0v) is 9.35. The van der Waals surface area contributed by atoms with Crippen molar-refractivity contribution >= 4 is 27.5 Å². The Balaban J connectivity index is 2.96. The van der Waals surface area contributed by atoms with E-state index < -0.39 is 0 Å². The summed E-state index contributed by atoms with van der Waals surface area (Å²) in [5, 5.41) is 0.486.